The van der Waals surface area contributed by atoms with E-state index < -0.39 is 0 Å². The molecule has 31 heavy (non-hydrogen) atoms. The van der Waals surface area contributed by atoms with Gasteiger partial charge in [0.1, 0.15) is 11.3 Å². The highest BCUT2D eigenvalue weighted by molar-refractivity contribution is 6.36. The highest BCUT2D eigenvalue weighted by Crippen LogP contribution is 2.39. The van der Waals surface area contributed by atoms with Crippen molar-refractivity contribution in [1.29, 1.82) is 0 Å². The van der Waals surface area contributed by atoms with Crippen molar-refractivity contribution in [2.45, 2.75) is 0 Å². The maximum absolute atomic E-state index is 12.9. The van der Waals surface area contributed by atoms with Crippen LogP contribution < -0.4 is 16.2 Å². The highest BCUT2D eigenvalue weighted by atomic mass is 35.5. The molecule has 2 heterocycles. The van der Waals surface area contributed by atoms with E-state index in [9.17, 15) is 4.79 Å². The van der Waals surface area contributed by atoms with Gasteiger partial charge in [0.05, 0.1) is 16.4 Å². The number of halogens is 3. The first kappa shape index (κ1) is 21.5. The summed E-state index contributed by atoms with van der Waals surface area (Å²) in [6.07, 6.45) is 0. The summed E-state index contributed by atoms with van der Waals surface area (Å²) >= 11 is 18.7. The molecule has 4 rings (SSSR count). The zero-order chi connectivity index (χ0) is 22.4. The smallest absolute Gasteiger partial charge is 0.277 e. The van der Waals surface area contributed by atoms with Gasteiger partial charge in [0.2, 0.25) is 0 Å². The van der Waals surface area contributed by atoms with Gasteiger partial charge in [0, 0.05) is 47.7 Å². The van der Waals surface area contributed by atoms with Crippen LogP contribution in [-0.4, -0.2) is 23.6 Å². The summed E-state index contributed by atoms with van der Waals surface area (Å²) in [5.41, 5.74) is 10.5. The molecule has 0 radical (unpaired) electrons. The van der Waals surface area contributed by atoms with E-state index in [1.54, 1.807) is 38.2 Å². The number of aryl methyl sites for hydroxylation is 1. The second kappa shape index (κ2) is 8.08. The van der Waals surface area contributed by atoms with Crippen LogP contribution in [0, 0.1) is 0 Å². The number of anilines is 2. The number of nitrogen functional groups attached to an aromatic ring is 1. The van der Waals surface area contributed by atoms with E-state index in [1.165, 1.54) is 4.57 Å². The molecule has 0 spiro atoms. The quantitative estimate of drug-likeness (QED) is 0.404. The number of nitrogens with two attached hydrogens (primary N) is 1. The van der Waals surface area contributed by atoms with Crippen LogP contribution in [0.4, 0.5) is 11.4 Å². The van der Waals surface area contributed by atoms with E-state index in [-0.39, 0.29) is 5.56 Å². The SMILES string of the molecule is CN(C)c1c(N)c2cc(-c3ccc(Cl)cc3)c(-c3ccc(Cl)cc3Cl)nc2n(C)c1=O. The Kier molecular flexibility index (Phi) is 5.60. The van der Waals surface area contributed by atoms with Gasteiger partial charge in [-0.15, -0.1) is 0 Å². The first-order valence-electron chi connectivity index (χ1n) is 9.41. The minimum absolute atomic E-state index is 0.227. The third kappa shape index (κ3) is 3.74. The largest absolute Gasteiger partial charge is 0.396 e. The van der Waals surface area contributed by atoms with Crippen LogP contribution in [0.25, 0.3) is 33.4 Å². The van der Waals surface area contributed by atoms with Crippen molar-refractivity contribution in [1.82, 2.24) is 9.55 Å². The molecule has 5 nitrogen and oxygen atoms in total. The zero-order valence-electron chi connectivity index (χ0n) is 17.1. The van der Waals surface area contributed by atoms with Crippen LogP contribution in [0.1, 0.15) is 0 Å². The molecule has 8 heteroatoms. The van der Waals surface area contributed by atoms with Crippen molar-refractivity contribution in [3.05, 3.63) is 74.0 Å². The monoisotopic (exact) mass is 472 g/mol. The van der Waals surface area contributed by atoms with E-state index in [4.69, 9.17) is 45.5 Å². The number of nitrogens with zero attached hydrogens (tertiary/aromatic N) is 3. The number of fused-ring (bicyclic) bond motifs is 1. The minimum atomic E-state index is -0.227. The molecule has 0 saturated carbocycles. The lowest BCUT2D eigenvalue weighted by Gasteiger charge is -2.20. The van der Waals surface area contributed by atoms with E-state index in [0.29, 0.717) is 48.7 Å². The molecule has 158 valence electrons. The van der Waals surface area contributed by atoms with E-state index in [1.807, 2.05) is 36.4 Å². The lowest BCUT2D eigenvalue weighted by Crippen LogP contribution is -2.28. The minimum Gasteiger partial charge on any atom is -0.396 e. The number of pyridine rings is 2. The van der Waals surface area contributed by atoms with Crippen LogP contribution in [0.2, 0.25) is 15.1 Å². The molecule has 0 amide bonds. The van der Waals surface area contributed by atoms with Gasteiger partial charge in [-0.25, -0.2) is 4.98 Å². The van der Waals surface area contributed by atoms with Crippen molar-refractivity contribution < 1.29 is 0 Å². The molecule has 2 aromatic heterocycles. The Morgan fingerprint density at radius 1 is 0.935 bits per heavy atom. The summed E-state index contributed by atoms with van der Waals surface area (Å²) in [6.45, 7) is 0. The molecular weight excluding hydrogens is 455 g/mol. The fraction of sp³-hybridized carbons (Fsp3) is 0.130. The number of benzene rings is 2. The van der Waals surface area contributed by atoms with Gasteiger partial charge in [0.25, 0.3) is 5.56 Å². The summed E-state index contributed by atoms with van der Waals surface area (Å²) in [6, 6.07) is 14.6. The van der Waals surface area contributed by atoms with Crippen molar-refractivity contribution in [3.8, 4) is 22.4 Å². The number of aromatic nitrogens is 2. The lowest BCUT2D eigenvalue weighted by molar-refractivity contribution is 0.880. The topological polar surface area (TPSA) is 64.2 Å². The average Bonchev–Trinajstić information content (AvgIpc) is 2.72. The maximum Gasteiger partial charge on any atom is 0.277 e. The predicted octanol–water partition coefficient (Wildman–Crippen LogP) is 5.88. The summed E-state index contributed by atoms with van der Waals surface area (Å²) in [5.74, 6) is 0. The first-order chi connectivity index (χ1) is 14.7. The van der Waals surface area contributed by atoms with Gasteiger partial charge in [-0.2, -0.15) is 0 Å². The fourth-order valence-corrected chi connectivity index (χ4v) is 4.25. The van der Waals surface area contributed by atoms with Crippen LogP contribution in [0.15, 0.2) is 53.3 Å². The Bertz CT molecular complexity index is 1380. The van der Waals surface area contributed by atoms with Gasteiger partial charge in [-0.05, 0) is 42.0 Å². The predicted molar refractivity (Wildman–Crippen MR) is 132 cm³/mol. The lowest BCUT2D eigenvalue weighted by atomic mass is 9.97. The maximum atomic E-state index is 12.9. The molecule has 0 atom stereocenters. The van der Waals surface area contributed by atoms with Crippen molar-refractivity contribution in [2.75, 3.05) is 24.7 Å². The normalized spacial score (nSPS) is 11.2. The molecule has 0 aliphatic carbocycles. The van der Waals surface area contributed by atoms with Crippen molar-refractivity contribution in [2.24, 2.45) is 7.05 Å². The molecule has 0 aliphatic heterocycles. The summed E-state index contributed by atoms with van der Waals surface area (Å²) in [5, 5.41) is 2.28. The Labute approximate surface area is 194 Å². The Morgan fingerprint density at radius 2 is 1.58 bits per heavy atom. The molecule has 0 aliphatic rings. The van der Waals surface area contributed by atoms with Crippen molar-refractivity contribution >= 4 is 57.2 Å². The fourth-order valence-electron chi connectivity index (χ4n) is 3.62. The first-order valence-corrected chi connectivity index (χ1v) is 10.5. The van der Waals surface area contributed by atoms with Gasteiger partial charge in [0.15, 0.2) is 0 Å². The van der Waals surface area contributed by atoms with Crippen LogP contribution in [0.3, 0.4) is 0 Å². The third-order valence-electron chi connectivity index (χ3n) is 5.16. The second-order valence-corrected chi connectivity index (χ2v) is 8.69. The van der Waals surface area contributed by atoms with Gasteiger partial charge in [-0.3, -0.25) is 9.36 Å². The van der Waals surface area contributed by atoms with E-state index in [0.717, 1.165) is 11.1 Å². The standard InChI is InChI=1S/C23H19Cl3N4O/c1-29(2)21-19(27)17-11-16(12-4-6-13(24)7-5-12)20(28-22(17)30(3)23(21)31)15-9-8-14(25)10-18(15)26/h4-11H,27H2,1-3H3. The Balaban J connectivity index is 2.16. The summed E-state index contributed by atoms with van der Waals surface area (Å²) in [7, 11) is 5.25. The molecule has 0 saturated heterocycles. The number of rotatable bonds is 3. The van der Waals surface area contributed by atoms with Gasteiger partial charge >= 0.3 is 0 Å². The number of hydrogen-bond acceptors (Lipinski definition) is 4. The molecule has 4 aromatic rings. The average molecular weight is 474 g/mol. The Morgan fingerprint density at radius 3 is 2.19 bits per heavy atom. The molecular formula is C23H19Cl3N4O. The number of hydrogen-bond donors (Lipinski definition) is 1. The summed E-state index contributed by atoms with van der Waals surface area (Å²) in [4.78, 5) is 19.5. The zero-order valence-corrected chi connectivity index (χ0v) is 19.3. The second-order valence-electron chi connectivity index (χ2n) is 7.41. The molecule has 2 aromatic carbocycles. The molecule has 2 N–H and O–H groups in total. The van der Waals surface area contributed by atoms with Crippen LogP contribution in [-0.2, 0) is 7.05 Å². The van der Waals surface area contributed by atoms with Crippen molar-refractivity contribution in [3.63, 3.8) is 0 Å². The van der Waals surface area contributed by atoms with E-state index >= 15 is 0 Å². The summed E-state index contributed by atoms with van der Waals surface area (Å²) < 4.78 is 1.50. The van der Waals surface area contributed by atoms with Gasteiger partial charge in [-0.1, -0.05) is 46.9 Å². The molecule has 0 unspecified atom stereocenters. The van der Waals surface area contributed by atoms with Crippen LogP contribution in [0.5, 0.6) is 0 Å². The van der Waals surface area contributed by atoms with Crippen LogP contribution >= 0.6 is 34.8 Å². The molecule has 0 fully saturated rings. The third-order valence-corrected chi connectivity index (χ3v) is 5.96. The van der Waals surface area contributed by atoms with E-state index in [2.05, 4.69) is 0 Å². The Hall–Kier alpha value is -2.73. The molecule has 0 bridgehead atoms. The van der Waals surface area contributed by atoms with Gasteiger partial charge < -0.3 is 10.6 Å². The highest BCUT2D eigenvalue weighted by Gasteiger charge is 2.20.